The van der Waals surface area contributed by atoms with E-state index in [0.717, 1.165) is 38.6 Å². The van der Waals surface area contributed by atoms with Crippen molar-refractivity contribution in [1.82, 2.24) is 5.32 Å². The van der Waals surface area contributed by atoms with Gasteiger partial charge in [0.05, 0.1) is 6.61 Å². The van der Waals surface area contributed by atoms with Gasteiger partial charge in [-0.25, -0.2) is 8.78 Å². The van der Waals surface area contributed by atoms with Crippen LogP contribution in [-0.4, -0.2) is 38.1 Å². The summed E-state index contributed by atoms with van der Waals surface area (Å²) in [5.41, 5.74) is 0. The maximum atomic E-state index is 12.7. The highest BCUT2D eigenvalue weighted by molar-refractivity contribution is 4.70. The molecular formula is C13H25F4NO. The van der Waals surface area contributed by atoms with Gasteiger partial charge >= 0.3 is 12.3 Å². The van der Waals surface area contributed by atoms with E-state index >= 15 is 0 Å². The third-order valence-corrected chi connectivity index (χ3v) is 2.77. The van der Waals surface area contributed by atoms with Crippen LogP contribution in [0.3, 0.4) is 0 Å². The molecule has 0 aliphatic heterocycles. The molecule has 1 N–H and O–H groups in total. The van der Waals surface area contributed by atoms with Crippen LogP contribution in [0.15, 0.2) is 0 Å². The molecule has 0 aliphatic carbocycles. The first-order valence-electron chi connectivity index (χ1n) is 6.91. The predicted octanol–water partition coefficient (Wildman–Crippen LogP) is 3.85. The number of alkyl halides is 4. The van der Waals surface area contributed by atoms with Gasteiger partial charge in [0.15, 0.2) is 0 Å². The Labute approximate surface area is 112 Å². The van der Waals surface area contributed by atoms with Crippen LogP contribution in [0.25, 0.3) is 0 Å². The summed E-state index contributed by atoms with van der Waals surface area (Å²) in [6.45, 7) is 3.68. The lowest BCUT2D eigenvalue weighted by Gasteiger charge is -2.21. The van der Waals surface area contributed by atoms with E-state index < -0.39 is 19.0 Å². The van der Waals surface area contributed by atoms with E-state index in [2.05, 4.69) is 12.2 Å². The van der Waals surface area contributed by atoms with Crippen LogP contribution in [0.2, 0.25) is 0 Å². The van der Waals surface area contributed by atoms with Crippen molar-refractivity contribution in [3.63, 3.8) is 0 Å². The van der Waals surface area contributed by atoms with E-state index in [-0.39, 0.29) is 12.6 Å². The van der Waals surface area contributed by atoms with Crippen LogP contribution < -0.4 is 5.32 Å². The van der Waals surface area contributed by atoms with Crippen LogP contribution in [0.5, 0.6) is 0 Å². The molecule has 0 saturated carbocycles. The maximum Gasteiger partial charge on any atom is 0.330 e. The Hall–Kier alpha value is -0.360. The van der Waals surface area contributed by atoms with Crippen molar-refractivity contribution in [3.05, 3.63) is 0 Å². The van der Waals surface area contributed by atoms with Gasteiger partial charge in [0, 0.05) is 6.04 Å². The zero-order valence-corrected chi connectivity index (χ0v) is 11.7. The molecule has 0 aromatic rings. The standard InChI is InChI=1S/C13H25F4NO/c1-3-5-6-7-11(18-8-4-2)9-19-10-13(16,17)12(14)15/h11-12,18H,3-10H2,1-2H3. The number of hydrogen-bond donors (Lipinski definition) is 1. The minimum absolute atomic E-state index is 0.0417. The van der Waals surface area contributed by atoms with E-state index in [0.29, 0.717) is 0 Å². The van der Waals surface area contributed by atoms with E-state index in [1.54, 1.807) is 0 Å². The molecule has 0 spiro atoms. The van der Waals surface area contributed by atoms with E-state index in [1.807, 2.05) is 6.92 Å². The number of unbranched alkanes of at least 4 members (excludes halogenated alkanes) is 2. The average Bonchev–Trinajstić information content (AvgIpc) is 2.35. The lowest BCUT2D eigenvalue weighted by atomic mass is 10.1. The van der Waals surface area contributed by atoms with Crippen molar-refractivity contribution in [2.24, 2.45) is 0 Å². The highest BCUT2D eigenvalue weighted by Crippen LogP contribution is 2.22. The van der Waals surface area contributed by atoms with E-state index in [9.17, 15) is 17.6 Å². The number of halogens is 4. The summed E-state index contributed by atoms with van der Waals surface area (Å²) >= 11 is 0. The molecule has 0 rings (SSSR count). The Morgan fingerprint density at radius 2 is 1.79 bits per heavy atom. The molecule has 2 nitrogen and oxygen atoms in total. The number of ether oxygens (including phenoxy) is 1. The van der Waals surface area contributed by atoms with Crippen LogP contribution >= 0.6 is 0 Å². The van der Waals surface area contributed by atoms with Crippen LogP contribution in [0, 0.1) is 0 Å². The maximum absolute atomic E-state index is 12.7. The highest BCUT2D eigenvalue weighted by atomic mass is 19.3. The number of nitrogens with one attached hydrogen (secondary N) is 1. The Balaban J connectivity index is 3.96. The monoisotopic (exact) mass is 287 g/mol. The van der Waals surface area contributed by atoms with Gasteiger partial charge in [0.1, 0.15) is 6.61 Å². The zero-order chi connectivity index (χ0) is 14.7. The number of rotatable bonds is 12. The SMILES string of the molecule is CCCCCC(COCC(F)(F)C(F)F)NCCC. The normalized spacial score (nSPS) is 14.1. The van der Waals surface area contributed by atoms with Crippen molar-refractivity contribution in [3.8, 4) is 0 Å². The molecule has 1 unspecified atom stereocenters. The minimum atomic E-state index is -4.06. The van der Waals surface area contributed by atoms with Crippen LogP contribution in [-0.2, 0) is 4.74 Å². The Morgan fingerprint density at radius 3 is 2.32 bits per heavy atom. The third-order valence-electron chi connectivity index (χ3n) is 2.77. The van der Waals surface area contributed by atoms with Crippen molar-refractivity contribution in [2.45, 2.75) is 64.3 Å². The second-order valence-corrected chi connectivity index (χ2v) is 4.72. The molecule has 0 aliphatic rings. The smallest absolute Gasteiger partial charge is 0.330 e. The summed E-state index contributed by atoms with van der Waals surface area (Å²) in [6, 6.07) is -0.0417. The molecule has 0 fully saturated rings. The Morgan fingerprint density at radius 1 is 1.11 bits per heavy atom. The largest absolute Gasteiger partial charge is 0.373 e. The van der Waals surface area contributed by atoms with Gasteiger partial charge < -0.3 is 10.1 Å². The first kappa shape index (κ1) is 18.6. The van der Waals surface area contributed by atoms with Gasteiger partial charge in [0.2, 0.25) is 0 Å². The van der Waals surface area contributed by atoms with Crippen molar-refractivity contribution in [1.29, 1.82) is 0 Å². The summed E-state index contributed by atoms with van der Waals surface area (Å²) in [5.74, 6) is -4.06. The second kappa shape index (κ2) is 10.4. The topological polar surface area (TPSA) is 21.3 Å². The molecular weight excluding hydrogens is 262 g/mol. The number of hydrogen-bond acceptors (Lipinski definition) is 2. The summed E-state index contributed by atoms with van der Waals surface area (Å²) in [7, 11) is 0. The Kier molecular flexibility index (Phi) is 10.2. The fraction of sp³-hybridized carbons (Fsp3) is 1.00. The lowest BCUT2D eigenvalue weighted by molar-refractivity contribution is -0.167. The van der Waals surface area contributed by atoms with Crippen LogP contribution in [0.4, 0.5) is 17.6 Å². The van der Waals surface area contributed by atoms with Crippen LogP contribution in [0.1, 0.15) is 46.0 Å². The van der Waals surface area contributed by atoms with Gasteiger partial charge in [-0.2, -0.15) is 8.78 Å². The fourth-order valence-electron chi connectivity index (χ4n) is 1.63. The summed E-state index contributed by atoms with van der Waals surface area (Å²) < 4.78 is 54.0. The molecule has 19 heavy (non-hydrogen) atoms. The lowest BCUT2D eigenvalue weighted by Crippen LogP contribution is -2.38. The van der Waals surface area contributed by atoms with E-state index in [4.69, 9.17) is 4.74 Å². The summed E-state index contributed by atoms with van der Waals surface area (Å²) in [5, 5.41) is 3.19. The molecule has 116 valence electrons. The zero-order valence-electron chi connectivity index (χ0n) is 11.7. The average molecular weight is 287 g/mol. The van der Waals surface area contributed by atoms with Crippen molar-refractivity contribution in [2.75, 3.05) is 19.8 Å². The minimum Gasteiger partial charge on any atom is -0.373 e. The first-order chi connectivity index (χ1) is 8.94. The molecule has 0 bridgehead atoms. The molecule has 0 amide bonds. The quantitative estimate of drug-likeness (QED) is 0.435. The molecule has 0 aromatic heterocycles. The second-order valence-electron chi connectivity index (χ2n) is 4.72. The Bertz CT molecular complexity index is 215. The molecule has 0 aromatic carbocycles. The molecule has 0 radical (unpaired) electrons. The van der Waals surface area contributed by atoms with Gasteiger partial charge in [-0.1, -0.05) is 33.1 Å². The van der Waals surface area contributed by atoms with Gasteiger partial charge in [-0.05, 0) is 19.4 Å². The first-order valence-corrected chi connectivity index (χ1v) is 6.91. The van der Waals surface area contributed by atoms with Gasteiger partial charge in [-0.3, -0.25) is 0 Å². The fourth-order valence-corrected chi connectivity index (χ4v) is 1.63. The highest BCUT2D eigenvalue weighted by Gasteiger charge is 2.41. The summed E-state index contributed by atoms with van der Waals surface area (Å²) in [4.78, 5) is 0. The van der Waals surface area contributed by atoms with Gasteiger partial charge in [0.25, 0.3) is 0 Å². The molecule has 1 atom stereocenters. The third kappa shape index (κ3) is 9.21. The molecule has 6 heteroatoms. The van der Waals surface area contributed by atoms with E-state index in [1.165, 1.54) is 0 Å². The van der Waals surface area contributed by atoms with Crippen molar-refractivity contribution >= 4 is 0 Å². The molecule has 0 saturated heterocycles. The van der Waals surface area contributed by atoms with Gasteiger partial charge in [-0.15, -0.1) is 0 Å². The van der Waals surface area contributed by atoms with Crippen molar-refractivity contribution < 1.29 is 22.3 Å². The summed E-state index contributed by atoms with van der Waals surface area (Å²) in [6.07, 6.45) is 1.19. The molecule has 0 heterocycles. The predicted molar refractivity (Wildman–Crippen MR) is 68.0 cm³/mol.